The highest BCUT2D eigenvalue weighted by molar-refractivity contribution is 5.69. The van der Waals surface area contributed by atoms with Crippen LogP contribution in [0.3, 0.4) is 0 Å². The zero-order valence-corrected chi connectivity index (χ0v) is 15.9. The third kappa shape index (κ3) is 4.11. The fourth-order valence-electron chi connectivity index (χ4n) is 4.09. The van der Waals surface area contributed by atoms with E-state index in [0.717, 1.165) is 25.2 Å². The van der Waals surface area contributed by atoms with Crippen molar-refractivity contribution in [3.8, 4) is 0 Å². The molecule has 1 N–H and O–H groups in total. The number of alkyl carbamates (subject to hydrolysis) is 1. The van der Waals surface area contributed by atoms with Crippen LogP contribution < -0.4 is 10.2 Å². The van der Waals surface area contributed by atoms with Crippen LogP contribution in [0.5, 0.6) is 0 Å². The van der Waals surface area contributed by atoms with Crippen LogP contribution in [0.15, 0.2) is 12.4 Å². The molecule has 1 unspecified atom stereocenters. The van der Waals surface area contributed by atoms with Gasteiger partial charge in [0.25, 0.3) is 0 Å². The lowest BCUT2D eigenvalue weighted by Crippen LogP contribution is -2.62. The van der Waals surface area contributed by atoms with E-state index in [2.05, 4.69) is 15.3 Å². The number of rotatable bonds is 2. The summed E-state index contributed by atoms with van der Waals surface area (Å²) in [6, 6.07) is 0.989. The van der Waals surface area contributed by atoms with E-state index in [4.69, 9.17) is 4.74 Å². The average molecular weight is 386 g/mol. The van der Waals surface area contributed by atoms with Gasteiger partial charge in [0.2, 0.25) is 0 Å². The van der Waals surface area contributed by atoms with E-state index in [0.29, 0.717) is 13.1 Å². The van der Waals surface area contributed by atoms with E-state index < -0.39 is 29.1 Å². The Labute approximate surface area is 156 Å². The predicted octanol–water partition coefficient (Wildman–Crippen LogP) is 3.63. The molecule has 2 fully saturated rings. The molecule has 1 amide bonds. The quantitative estimate of drug-likeness (QED) is 0.841. The third-order valence-corrected chi connectivity index (χ3v) is 5.48. The summed E-state index contributed by atoms with van der Waals surface area (Å²) in [7, 11) is 0. The van der Waals surface area contributed by atoms with Gasteiger partial charge in [0.05, 0.1) is 0 Å². The molecule has 0 spiro atoms. The van der Waals surface area contributed by atoms with E-state index in [1.165, 1.54) is 0 Å². The van der Waals surface area contributed by atoms with Gasteiger partial charge < -0.3 is 15.0 Å². The largest absolute Gasteiger partial charge is 0.444 e. The summed E-state index contributed by atoms with van der Waals surface area (Å²) in [6.07, 6.45) is -2.22. The molecule has 1 aromatic heterocycles. The van der Waals surface area contributed by atoms with Gasteiger partial charge in [-0.25, -0.2) is 14.8 Å². The smallest absolute Gasteiger partial charge is 0.433 e. The van der Waals surface area contributed by atoms with Crippen LogP contribution >= 0.6 is 0 Å². The van der Waals surface area contributed by atoms with Gasteiger partial charge in [-0.1, -0.05) is 0 Å². The summed E-state index contributed by atoms with van der Waals surface area (Å²) in [4.78, 5) is 21.5. The molecule has 1 saturated heterocycles. The summed E-state index contributed by atoms with van der Waals surface area (Å²) in [6.45, 7) is 8.46. The number of carbonyl (C=O) groups is 1. The van der Waals surface area contributed by atoms with Crippen LogP contribution in [0.2, 0.25) is 0 Å². The Morgan fingerprint density at radius 1 is 1.22 bits per heavy atom. The molecule has 1 aromatic rings. The number of ether oxygens (including phenoxy) is 1. The Balaban J connectivity index is 1.74. The molecule has 9 heteroatoms. The molecule has 3 rings (SSSR count). The zero-order chi connectivity index (χ0) is 20.0. The lowest BCUT2D eigenvalue weighted by Gasteiger charge is -2.46. The van der Waals surface area contributed by atoms with Crippen molar-refractivity contribution in [1.29, 1.82) is 0 Å². The van der Waals surface area contributed by atoms with Crippen molar-refractivity contribution in [2.24, 2.45) is 11.8 Å². The van der Waals surface area contributed by atoms with Gasteiger partial charge >= 0.3 is 12.3 Å². The minimum atomic E-state index is -4.50. The van der Waals surface area contributed by atoms with Crippen LogP contribution in [0.25, 0.3) is 0 Å². The minimum absolute atomic E-state index is 0.105. The SMILES string of the molecule is CC(C)(C)OC(=O)NC1(C)[C@@H]2CC[C@H]1CN(c1cc(C(F)(F)F)ncn1)C2. The van der Waals surface area contributed by atoms with Gasteiger partial charge in [-0.15, -0.1) is 0 Å². The number of nitrogens with one attached hydrogen (secondary N) is 1. The van der Waals surface area contributed by atoms with Crippen molar-refractivity contribution >= 4 is 11.9 Å². The van der Waals surface area contributed by atoms with Crippen LogP contribution in [0, 0.1) is 11.8 Å². The molecule has 2 heterocycles. The molecule has 27 heavy (non-hydrogen) atoms. The molecule has 2 aliphatic rings. The van der Waals surface area contributed by atoms with Gasteiger partial charge in [0.15, 0.2) is 0 Å². The third-order valence-electron chi connectivity index (χ3n) is 5.48. The fraction of sp³-hybridized carbons (Fsp3) is 0.722. The van der Waals surface area contributed by atoms with Crippen molar-refractivity contribution < 1.29 is 22.7 Å². The lowest BCUT2D eigenvalue weighted by atomic mass is 9.78. The Morgan fingerprint density at radius 3 is 2.33 bits per heavy atom. The maximum absolute atomic E-state index is 12.9. The normalized spacial score (nSPS) is 28.2. The van der Waals surface area contributed by atoms with Gasteiger partial charge in [0, 0.05) is 24.7 Å². The van der Waals surface area contributed by atoms with E-state index >= 15 is 0 Å². The molecular weight excluding hydrogens is 361 g/mol. The van der Waals surface area contributed by atoms with Crippen molar-refractivity contribution in [3.63, 3.8) is 0 Å². The summed E-state index contributed by atoms with van der Waals surface area (Å²) >= 11 is 0. The zero-order valence-electron chi connectivity index (χ0n) is 15.9. The van der Waals surface area contributed by atoms with Crippen molar-refractivity contribution in [1.82, 2.24) is 15.3 Å². The van der Waals surface area contributed by atoms with Gasteiger partial charge in [-0.05, 0) is 52.4 Å². The summed E-state index contributed by atoms with van der Waals surface area (Å²) in [5.41, 5.74) is -1.98. The number of piperidine rings is 1. The second-order valence-electron chi connectivity index (χ2n) is 8.54. The van der Waals surface area contributed by atoms with E-state index in [1.54, 1.807) is 20.8 Å². The lowest BCUT2D eigenvalue weighted by molar-refractivity contribution is -0.141. The maximum Gasteiger partial charge on any atom is 0.433 e. The number of fused-ring (bicyclic) bond motifs is 2. The van der Waals surface area contributed by atoms with Crippen molar-refractivity contribution in [2.75, 3.05) is 18.0 Å². The number of aromatic nitrogens is 2. The topological polar surface area (TPSA) is 67.3 Å². The average Bonchev–Trinajstić information content (AvgIpc) is 2.71. The van der Waals surface area contributed by atoms with Gasteiger partial charge in [0.1, 0.15) is 23.4 Å². The summed E-state index contributed by atoms with van der Waals surface area (Å²) in [5.74, 6) is 0.481. The molecule has 6 nitrogen and oxygen atoms in total. The number of amides is 1. The Bertz CT molecular complexity index is 703. The Morgan fingerprint density at radius 2 is 1.81 bits per heavy atom. The first kappa shape index (κ1) is 19.7. The van der Waals surface area contributed by atoms with E-state index in [9.17, 15) is 18.0 Å². The van der Waals surface area contributed by atoms with Gasteiger partial charge in [-0.2, -0.15) is 13.2 Å². The molecule has 150 valence electrons. The molecule has 0 aromatic carbocycles. The monoisotopic (exact) mass is 386 g/mol. The van der Waals surface area contributed by atoms with Crippen LogP contribution in [0.4, 0.5) is 23.8 Å². The van der Waals surface area contributed by atoms with E-state index in [-0.39, 0.29) is 17.7 Å². The summed E-state index contributed by atoms with van der Waals surface area (Å²) in [5, 5.41) is 3.02. The molecule has 3 atom stereocenters. The highest BCUT2D eigenvalue weighted by Crippen LogP contribution is 2.46. The molecular formula is C18H25F3N4O2. The highest BCUT2D eigenvalue weighted by atomic mass is 19.4. The number of alkyl halides is 3. The van der Waals surface area contributed by atoms with Crippen LogP contribution in [0.1, 0.15) is 46.2 Å². The summed E-state index contributed by atoms with van der Waals surface area (Å²) < 4.78 is 44.2. The molecule has 2 bridgehead atoms. The van der Waals surface area contributed by atoms with E-state index in [1.807, 2.05) is 11.8 Å². The first-order valence-electron chi connectivity index (χ1n) is 9.04. The Hall–Kier alpha value is -2.06. The second-order valence-corrected chi connectivity index (χ2v) is 8.54. The molecule has 1 saturated carbocycles. The molecule has 1 aliphatic carbocycles. The number of anilines is 1. The fourth-order valence-corrected chi connectivity index (χ4v) is 4.09. The molecule has 0 radical (unpaired) electrons. The maximum atomic E-state index is 12.9. The number of hydrogen-bond donors (Lipinski definition) is 1. The number of carbonyl (C=O) groups excluding carboxylic acids is 1. The number of nitrogens with zero attached hydrogens (tertiary/aromatic N) is 3. The van der Waals surface area contributed by atoms with Crippen LogP contribution in [-0.4, -0.2) is 40.3 Å². The number of hydrogen-bond acceptors (Lipinski definition) is 5. The second kappa shape index (κ2) is 6.53. The number of halogens is 3. The Kier molecular flexibility index (Phi) is 4.76. The first-order valence-corrected chi connectivity index (χ1v) is 9.04. The predicted molar refractivity (Wildman–Crippen MR) is 93.2 cm³/mol. The highest BCUT2D eigenvalue weighted by Gasteiger charge is 2.52. The van der Waals surface area contributed by atoms with Crippen LogP contribution in [-0.2, 0) is 10.9 Å². The minimum Gasteiger partial charge on any atom is -0.444 e. The first-order chi connectivity index (χ1) is 12.4. The van der Waals surface area contributed by atoms with Crippen molar-refractivity contribution in [2.45, 2.75) is 57.9 Å². The van der Waals surface area contributed by atoms with Crippen molar-refractivity contribution in [3.05, 3.63) is 18.1 Å². The molecule has 1 aliphatic heterocycles. The standard InChI is InChI=1S/C18H25F3N4O2/c1-16(2,3)27-15(26)24-17(4)11-5-6-12(17)9-25(8-11)14-7-13(18(19,20)21)22-10-23-14/h7,10-12H,5-6,8-9H2,1-4H3,(H,24,26)/t11-,12+,17?. The van der Waals surface area contributed by atoms with Gasteiger partial charge in [-0.3, -0.25) is 0 Å².